The zero-order valence-electron chi connectivity index (χ0n) is 9.20. The Morgan fingerprint density at radius 3 is 2.72 bits per heavy atom. The third kappa shape index (κ3) is 2.83. The summed E-state index contributed by atoms with van der Waals surface area (Å²) in [5, 5.41) is 3.60. The smallest absolute Gasteiger partial charge is 0.242 e. The predicted molar refractivity (Wildman–Crippen MR) is 62.6 cm³/mol. The van der Waals surface area contributed by atoms with Crippen molar-refractivity contribution in [1.29, 1.82) is 0 Å². The molecular formula is C9H11N5O3S. The van der Waals surface area contributed by atoms with Gasteiger partial charge in [0.05, 0.1) is 12.2 Å². The highest BCUT2D eigenvalue weighted by atomic mass is 32.2. The molecule has 4 N–H and O–H groups in total. The van der Waals surface area contributed by atoms with Crippen LogP contribution in [-0.4, -0.2) is 18.6 Å². The van der Waals surface area contributed by atoms with Crippen molar-refractivity contribution in [2.45, 2.75) is 11.4 Å². The van der Waals surface area contributed by atoms with Crippen molar-refractivity contribution in [3.8, 4) is 0 Å². The number of nitrogens with one attached hydrogen (secondary N) is 2. The minimum atomic E-state index is -3.62. The molecule has 0 saturated heterocycles. The SMILES string of the molecule is NNc1ccc(S(=O)(=O)NCc2ccon2)cn1. The van der Waals surface area contributed by atoms with Crippen molar-refractivity contribution in [1.82, 2.24) is 14.9 Å². The Balaban J connectivity index is 2.09. The van der Waals surface area contributed by atoms with Gasteiger partial charge < -0.3 is 9.95 Å². The lowest BCUT2D eigenvalue weighted by molar-refractivity contribution is 0.411. The van der Waals surface area contributed by atoms with Gasteiger partial charge in [-0.2, -0.15) is 0 Å². The van der Waals surface area contributed by atoms with Crippen molar-refractivity contribution in [2.24, 2.45) is 5.84 Å². The molecule has 8 nitrogen and oxygen atoms in total. The van der Waals surface area contributed by atoms with Crippen LogP contribution in [-0.2, 0) is 16.6 Å². The monoisotopic (exact) mass is 269 g/mol. The number of nitrogen functional groups attached to an aromatic ring is 1. The highest BCUT2D eigenvalue weighted by Gasteiger charge is 2.14. The highest BCUT2D eigenvalue weighted by Crippen LogP contribution is 2.10. The zero-order valence-corrected chi connectivity index (χ0v) is 10.0. The summed E-state index contributed by atoms with van der Waals surface area (Å²) in [6, 6.07) is 4.43. The molecule has 0 radical (unpaired) electrons. The molecule has 2 heterocycles. The molecular weight excluding hydrogens is 258 g/mol. The third-order valence-corrected chi connectivity index (χ3v) is 3.52. The lowest BCUT2D eigenvalue weighted by Gasteiger charge is -2.05. The van der Waals surface area contributed by atoms with Crippen LogP contribution in [0.5, 0.6) is 0 Å². The number of rotatable bonds is 5. The molecule has 0 fully saturated rings. The fourth-order valence-electron chi connectivity index (χ4n) is 1.21. The first-order chi connectivity index (χ1) is 8.62. The van der Waals surface area contributed by atoms with Gasteiger partial charge in [0.15, 0.2) is 0 Å². The largest absolute Gasteiger partial charge is 0.364 e. The van der Waals surface area contributed by atoms with Crippen LogP contribution < -0.4 is 16.0 Å². The molecule has 0 bridgehead atoms. The van der Waals surface area contributed by atoms with Gasteiger partial charge in [-0.25, -0.2) is 24.0 Å². The van der Waals surface area contributed by atoms with E-state index in [4.69, 9.17) is 5.84 Å². The second kappa shape index (κ2) is 5.12. The van der Waals surface area contributed by atoms with Crippen molar-refractivity contribution in [3.05, 3.63) is 36.4 Å². The van der Waals surface area contributed by atoms with Crippen LogP contribution >= 0.6 is 0 Å². The van der Waals surface area contributed by atoms with Crippen molar-refractivity contribution < 1.29 is 12.9 Å². The maximum absolute atomic E-state index is 11.9. The van der Waals surface area contributed by atoms with Gasteiger partial charge in [-0.05, 0) is 12.1 Å². The summed E-state index contributed by atoms with van der Waals surface area (Å²) < 4.78 is 30.7. The first-order valence-corrected chi connectivity index (χ1v) is 6.42. The Morgan fingerprint density at radius 1 is 1.33 bits per heavy atom. The Morgan fingerprint density at radius 2 is 2.17 bits per heavy atom. The van der Waals surface area contributed by atoms with E-state index < -0.39 is 10.0 Å². The van der Waals surface area contributed by atoms with E-state index in [1.54, 1.807) is 6.07 Å². The number of hydrazine groups is 1. The lowest BCUT2D eigenvalue weighted by atomic mass is 10.4. The lowest BCUT2D eigenvalue weighted by Crippen LogP contribution is -2.23. The topological polar surface area (TPSA) is 123 Å². The van der Waals surface area contributed by atoms with Crippen molar-refractivity contribution >= 4 is 15.8 Å². The maximum Gasteiger partial charge on any atom is 0.242 e. The van der Waals surface area contributed by atoms with E-state index in [0.29, 0.717) is 11.5 Å². The van der Waals surface area contributed by atoms with Gasteiger partial charge in [0.1, 0.15) is 17.0 Å². The fraction of sp³-hybridized carbons (Fsp3) is 0.111. The second-order valence-electron chi connectivity index (χ2n) is 3.34. The van der Waals surface area contributed by atoms with Gasteiger partial charge in [-0.15, -0.1) is 0 Å². The molecule has 0 aliphatic heterocycles. The Labute approximate surface area is 103 Å². The average molecular weight is 269 g/mol. The Bertz CT molecular complexity index is 594. The number of hydrogen-bond acceptors (Lipinski definition) is 7. The number of sulfonamides is 1. The van der Waals surface area contributed by atoms with Crippen LogP contribution in [0.25, 0.3) is 0 Å². The minimum Gasteiger partial charge on any atom is -0.364 e. The normalized spacial score (nSPS) is 11.4. The second-order valence-corrected chi connectivity index (χ2v) is 5.11. The van der Waals surface area contributed by atoms with Crippen LogP contribution in [0.15, 0.2) is 40.1 Å². The molecule has 0 atom stereocenters. The van der Waals surface area contributed by atoms with E-state index >= 15 is 0 Å². The van der Waals surface area contributed by atoms with E-state index in [0.717, 1.165) is 0 Å². The Kier molecular flexibility index (Phi) is 3.55. The molecule has 0 aliphatic rings. The fourth-order valence-corrected chi connectivity index (χ4v) is 2.15. The number of pyridine rings is 1. The van der Waals surface area contributed by atoms with E-state index in [1.165, 1.54) is 24.6 Å². The Hall–Kier alpha value is -1.97. The zero-order chi connectivity index (χ0) is 13.0. The van der Waals surface area contributed by atoms with E-state index in [9.17, 15) is 8.42 Å². The third-order valence-electron chi connectivity index (χ3n) is 2.13. The van der Waals surface area contributed by atoms with E-state index in [1.807, 2.05) is 0 Å². The predicted octanol–water partition coefficient (Wildman–Crippen LogP) is -0.166. The standard InChI is InChI=1S/C9H11N5O3S/c10-13-9-2-1-8(6-11-9)18(15,16)12-5-7-3-4-17-14-7/h1-4,6,12H,5,10H2,(H,11,13). The van der Waals surface area contributed by atoms with Crippen LogP contribution in [0.4, 0.5) is 5.82 Å². The summed E-state index contributed by atoms with van der Waals surface area (Å²) >= 11 is 0. The summed E-state index contributed by atoms with van der Waals surface area (Å²) in [7, 11) is -3.62. The average Bonchev–Trinajstić information content (AvgIpc) is 2.90. The molecule has 0 unspecified atom stereocenters. The molecule has 0 spiro atoms. The quantitative estimate of drug-likeness (QED) is 0.508. The van der Waals surface area contributed by atoms with E-state index in [2.05, 4.69) is 24.8 Å². The molecule has 2 rings (SSSR count). The molecule has 2 aromatic heterocycles. The highest BCUT2D eigenvalue weighted by molar-refractivity contribution is 7.89. The summed E-state index contributed by atoms with van der Waals surface area (Å²) in [6.45, 7) is 0.0513. The van der Waals surface area contributed by atoms with Crippen molar-refractivity contribution in [3.63, 3.8) is 0 Å². The van der Waals surface area contributed by atoms with Crippen molar-refractivity contribution in [2.75, 3.05) is 5.43 Å². The van der Waals surface area contributed by atoms with Gasteiger partial charge in [0, 0.05) is 12.3 Å². The molecule has 0 aromatic carbocycles. The number of nitrogens with zero attached hydrogens (tertiary/aromatic N) is 2. The van der Waals surface area contributed by atoms with Gasteiger partial charge >= 0.3 is 0 Å². The van der Waals surface area contributed by atoms with Gasteiger partial charge in [0.2, 0.25) is 10.0 Å². The van der Waals surface area contributed by atoms with Crippen LogP contribution in [0.1, 0.15) is 5.69 Å². The summed E-state index contributed by atoms with van der Waals surface area (Å²) in [6.07, 6.45) is 2.58. The van der Waals surface area contributed by atoms with Crippen LogP contribution in [0.3, 0.4) is 0 Å². The summed E-state index contributed by atoms with van der Waals surface area (Å²) in [5.41, 5.74) is 2.80. The molecule has 2 aromatic rings. The number of nitrogens with two attached hydrogens (primary N) is 1. The molecule has 18 heavy (non-hydrogen) atoms. The van der Waals surface area contributed by atoms with Crippen LogP contribution in [0.2, 0.25) is 0 Å². The van der Waals surface area contributed by atoms with E-state index in [-0.39, 0.29) is 11.4 Å². The van der Waals surface area contributed by atoms with Gasteiger partial charge in [0.25, 0.3) is 0 Å². The van der Waals surface area contributed by atoms with Crippen LogP contribution in [0, 0.1) is 0 Å². The van der Waals surface area contributed by atoms with Gasteiger partial charge in [-0.1, -0.05) is 5.16 Å². The first-order valence-electron chi connectivity index (χ1n) is 4.93. The number of aromatic nitrogens is 2. The maximum atomic E-state index is 11.9. The first kappa shape index (κ1) is 12.5. The summed E-state index contributed by atoms with van der Waals surface area (Å²) in [5.74, 6) is 5.52. The minimum absolute atomic E-state index is 0.0463. The molecule has 96 valence electrons. The number of hydrogen-bond donors (Lipinski definition) is 3. The molecule has 0 aliphatic carbocycles. The molecule has 0 saturated carbocycles. The molecule has 9 heteroatoms. The molecule has 0 amide bonds. The van der Waals surface area contributed by atoms with Gasteiger partial charge in [-0.3, -0.25) is 0 Å². The summed E-state index contributed by atoms with van der Waals surface area (Å²) in [4.78, 5) is 3.87. The number of anilines is 1.